The Morgan fingerprint density at radius 1 is 1.30 bits per heavy atom. The van der Waals surface area contributed by atoms with E-state index in [0.29, 0.717) is 6.04 Å². The number of hydrogen-bond donors (Lipinski definition) is 1. The molecule has 1 aliphatic carbocycles. The molecule has 20 heavy (non-hydrogen) atoms. The van der Waals surface area contributed by atoms with Crippen LogP contribution in [0.25, 0.3) is 0 Å². The van der Waals surface area contributed by atoms with Crippen LogP contribution in [0.2, 0.25) is 0 Å². The van der Waals surface area contributed by atoms with E-state index in [-0.39, 0.29) is 0 Å². The summed E-state index contributed by atoms with van der Waals surface area (Å²) in [5, 5.41) is 3.75. The van der Waals surface area contributed by atoms with Crippen LogP contribution in [0.4, 0.5) is 0 Å². The molecular formula is C18H27NO. The first kappa shape index (κ1) is 13.9. The van der Waals surface area contributed by atoms with Crippen LogP contribution >= 0.6 is 0 Å². The van der Waals surface area contributed by atoms with Gasteiger partial charge in [-0.2, -0.15) is 0 Å². The van der Waals surface area contributed by atoms with Gasteiger partial charge in [0.2, 0.25) is 0 Å². The number of hydrogen-bond acceptors (Lipinski definition) is 2. The van der Waals surface area contributed by atoms with Crippen molar-refractivity contribution in [2.45, 2.75) is 57.9 Å². The van der Waals surface area contributed by atoms with E-state index in [9.17, 15) is 0 Å². The summed E-state index contributed by atoms with van der Waals surface area (Å²) in [5.74, 6) is 2.05. The molecule has 1 heterocycles. The molecule has 1 aromatic carbocycles. The monoisotopic (exact) mass is 273 g/mol. The van der Waals surface area contributed by atoms with Crippen LogP contribution < -0.4 is 10.1 Å². The van der Waals surface area contributed by atoms with Crippen LogP contribution in [-0.2, 0) is 6.42 Å². The maximum absolute atomic E-state index is 5.73. The molecule has 3 rings (SSSR count). The maximum atomic E-state index is 5.73. The van der Waals surface area contributed by atoms with Crippen molar-refractivity contribution in [3.8, 4) is 5.75 Å². The van der Waals surface area contributed by atoms with Crippen molar-refractivity contribution in [3.05, 3.63) is 29.3 Å². The molecule has 1 saturated carbocycles. The van der Waals surface area contributed by atoms with Crippen LogP contribution in [0.15, 0.2) is 18.2 Å². The molecule has 0 amide bonds. The molecule has 0 bridgehead atoms. The van der Waals surface area contributed by atoms with Crippen molar-refractivity contribution in [3.63, 3.8) is 0 Å². The SMILES string of the molecule is CCCNC(CC1CCC1)c1ccc2c(c1)CCCO2. The summed E-state index contributed by atoms with van der Waals surface area (Å²) >= 11 is 0. The van der Waals surface area contributed by atoms with Crippen molar-refractivity contribution in [2.75, 3.05) is 13.2 Å². The van der Waals surface area contributed by atoms with E-state index in [1.54, 1.807) is 0 Å². The Kier molecular flexibility index (Phi) is 4.62. The lowest BCUT2D eigenvalue weighted by Gasteiger charge is -2.31. The summed E-state index contributed by atoms with van der Waals surface area (Å²) in [7, 11) is 0. The number of aryl methyl sites for hydroxylation is 1. The summed E-state index contributed by atoms with van der Waals surface area (Å²) in [4.78, 5) is 0. The van der Waals surface area contributed by atoms with Gasteiger partial charge in [-0.25, -0.2) is 0 Å². The minimum absolute atomic E-state index is 0.535. The zero-order valence-electron chi connectivity index (χ0n) is 12.7. The fraction of sp³-hybridized carbons (Fsp3) is 0.667. The minimum Gasteiger partial charge on any atom is -0.493 e. The van der Waals surface area contributed by atoms with Gasteiger partial charge >= 0.3 is 0 Å². The Bertz CT molecular complexity index is 439. The highest BCUT2D eigenvalue weighted by molar-refractivity contribution is 5.39. The van der Waals surface area contributed by atoms with E-state index in [1.807, 2.05) is 0 Å². The van der Waals surface area contributed by atoms with Gasteiger partial charge in [0.1, 0.15) is 5.75 Å². The molecule has 0 aromatic heterocycles. The van der Waals surface area contributed by atoms with Crippen LogP contribution in [0.1, 0.15) is 62.6 Å². The highest BCUT2D eigenvalue weighted by Gasteiger charge is 2.23. The van der Waals surface area contributed by atoms with Gasteiger partial charge in [0.15, 0.2) is 0 Å². The van der Waals surface area contributed by atoms with Gasteiger partial charge < -0.3 is 10.1 Å². The number of benzene rings is 1. The lowest BCUT2D eigenvalue weighted by Crippen LogP contribution is -2.27. The second kappa shape index (κ2) is 6.62. The quantitative estimate of drug-likeness (QED) is 0.837. The Balaban J connectivity index is 1.74. The fourth-order valence-corrected chi connectivity index (χ4v) is 3.31. The Labute approximate surface area is 122 Å². The molecule has 1 atom stereocenters. The van der Waals surface area contributed by atoms with Crippen molar-refractivity contribution >= 4 is 0 Å². The fourth-order valence-electron chi connectivity index (χ4n) is 3.31. The molecule has 1 aromatic rings. The van der Waals surface area contributed by atoms with Crippen LogP contribution in [0.3, 0.4) is 0 Å². The molecule has 1 aliphatic heterocycles. The van der Waals surface area contributed by atoms with Crippen LogP contribution in [-0.4, -0.2) is 13.2 Å². The summed E-state index contributed by atoms with van der Waals surface area (Å²) in [6, 6.07) is 7.38. The highest BCUT2D eigenvalue weighted by atomic mass is 16.5. The summed E-state index contributed by atoms with van der Waals surface area (Å²) in [5.41, 5.74) is 2.88. The summed E-state index contributed by atoms with van der Waals surface area (Å²) < 4.78 is 5.73. The molecule has 1 unspecified atom stereocenters. The number of ether oxygens (including phenoxy) is 1. The van der Waals surface area contributed by atoms with Crippen molar-refractivity contribution in [1.29, 1.82) is 0 Å². The van der Waals surface area contributed by atoms with E-state index in [4.69, 9.17) is 4.74 Å². The molecule has 0 radical (unpaired) electrons. The zero-order valence-corrected chi connectivity index (χ0v) is 12.7. The van der Waals surface area contributed by atoms with E-state index in [1.165, 1.54) is 49.7 Å². The first-order chi connectivity index (χ1) is 9.86. The maximum Gasteiger partial charge on any atom is 0.122 e. The molecule has 1 fully saturated rings. The zero-order chi connectivity index (χ0) is 13.8. The predicted molar refractivity (Wildman–Crippen MR) is 83.3 cm³/mol. The lowest BCUT2D eigenvalue weighted by molar-refractivity contribution is 0.260. The predicted octanol–water partition coefficient (Wildman–Crippen LogP) is 4.24. The average Bonchev–Trinajstić information content (AvgIpc) is 2.45. The number of fused-ring (bicyclic) bond motifs is 1. The Hall–Kier alpha value is -1.02. The second-order valence-corrected chi connectivity index (χ2v) is 6.36. The van der Waals surface area contributed by atoms with Gasteiger partial charge in [-0.3, -0.25) is 0 Å². The first-order valence-corrected chi connectivity index (χ1v) is 8.36. The van der Waals surface area contributed by atoms with Gasteiger partial charge in [0, 0.05) is 6.04 Å². The van der Waals surface area contributed by atoms with Gasteiger partial charge in [0.25, 0.3) is 0 Å². The Morgan fingerprint density at radius 2 is 2.20 bits per heavy atom. The molecule has 2 nitrogen and oxygen atoms in total. The van der Waals surface area contributed by atoms with Gasteiger partial charge in [-0.05, 0) is 55.3 Å². The molecule has 0 saturated heterocycles. The summed E-state index contributed by atoms with van der Waals surface area (Å²) in [6.45, 7) is 4.24. The molecule has 110 valence electrons. The third-order valence-electron chi connectivity index (χ3n) is 4.77. The number of rotatable bonds is 6. The molecule has 0 spiro atoms. The normalized spacial score (nSPS) is 19.9. The molecule has 2 heteroatoms. The minimum atomic E-state index is 0.535. The van der Waals surface area contributed by atoms with E-state index < -0.39 is 0 Å². The molecular weight excluding hydrogens is 246 g/mol. The van der Waals surface area contributed by atoms with Crippen LogP contribution in [0, 0.1) is 5.92 Å². The van der Waals surface area contributed by atoms with E-state index >= 15 is 0 Å². The highest BCUT2D eigenvalue weighted by Crippen LogP contribution is 2.36. The summed E-state index contributed by atoms with van der Waals surface area (Å²) in [6.07, 6.45) is 9.13. The van der Waals surface area contributed by atoms with Crippen molar-refractivity contribution in [2.24, 2.45) is 5.92 Å². The van der Waals surface area contributed by atoms with Gasteiger partial charge in [-0.15, -0.1) is 0 Å². The average molecular weight is 273 g/mol. The molecule has 2 aliphatic rings. The Morgan fingerprint density at radius 3 is 2.95 bits per heavy atom. The van der Waals surface area contributed by atoms with Crippen molar-refractivity contribution < 1.29 is 4.74 Å². The van der Waals surface area contributed by atoms with Crippen molar-refractivity contribution in [1.82, 2.24) is 5.32 Å². The van der Waals surface area contributed by atoms with Crippen LogP contribution in [0.5, 0.6) is 5.75 Å². The lowest BCUT2D eigenvalue weighted by atomic mass is 9.79. The number of nitrogens with one attached hydrogen (secondary N) is 1. The largest absolute Gasteiger partial charge is 0.493 e. The third-order valence-corrected chi connectivity index (χ3v) is 4.77. The first-order valence-electron chi connectivity index (χ1n) is 8.36. The van der Waals surface area contributed by atoms with Gasteiger partial charge in [0.05, 0.1) is 6.61 Å². The molecule has 1 N–H and O–H groups in total. The van der Waals surface area contributed by atoms with Gasteiger partial charge in [-0.1, -0.05) is 38.3 Å². The second-order valence-electron chi connectivity index (χ2n) is 6.36. The van der Waals surface area contributed by atoms with E-state index in [0.717, 1.165) is 31.2 Å². The van der Waals surface area contributed by atoms with E-state index in [2.05, 4.69) is 30.4 Å². The smallest absolute Gasteiger partial charge is 0.122 e. The topological polar surface area (TPSA) is 21.3 Å². The standard InChI is InChI=1S/C18H27NO/c1-2-10-19-17(12-14-5-3-6-14)15-8-9-18-16(13-15)7-4-11-20-18/h8-9,13-14,17,19H,2-7,10-12H2,1H3. The third kappa shape index (κ3) is 3.17.